The van der Waals surface area contributed by atoms with Crippen molar-refractivity contribution in [2.24, 2.45) is 29.6 Å². The molecule has 3 aliphatic carbocycles. The average molecular weight is 384 g/mol. The molecule has 2 atom stereocenters. The SMILES string of the molecule is CCC[C@H]1CC[C@H]([C@H]2CC[C@H](C3C[CH]C(c4ccc(F)cc4)CC3)CC2)CC1. The zero-order chi connectivity index (χ0) is 19.3. The predicted octanol–water partition coefficient (Wildman–Crippen LogP) is 8.33. The van der Waals surface area contributed by atoms with Crippen LogP contribution in [0.15, 0.2) is 24.3 Å². The Morgan fingerprint density at radius 3 is 1.79 bits per heavy atom. The lowest BCUT2D eigenvalue weighted by molar-refractivity contribution is 0.115. The molecule has 0 heterocycles. The van der Waals surface area contributed by atoms with Gasteiger partial charge in [-0.1, -0.05) is 44.7 Å². The number of rotatable bonds is 5. The van der Waals surface area contributed by atoms with Gasteiger partial charge in [0.2, 0.25) is 0 Å². The molecule has 155 valence electrons. The third-order valence-electron chi connectivity index (χ3n) is 8.61. The van der Waals surface area contributed by atoms with Gasteiger partial charge >= 0.3 is 0 Å². The van der Waals surface area contributed by atoms with Crippen molar-refractivity contribution in [1.82, 2.24) is 0 Å². The summed E-state index contributed by atoms with van der Waals surface area (Å²) in [5.74, 6) is 5.45. The van der Waals surface area contributed by atoms with Crippen LogP contribution in [0.3, 0.4) is 0 Å². The second-order valence-electron chi connectivity index (χ2n) is 10.2. The summed E-state index contributed by atoms with van der Waals surface area (Å²) in [5.41, 5.74) is 1.31. The second-order valence-corrected chi connectivity index (χ2v) is 10.2. The van der Waals surface area contributed by atoms with Crippen LogP contribution in [-0.2, 0) is 0 Å². The zero-order valence-corrected chi connectivity index (χ0v) is 17.9. The minimum absolute atomic E-state index is 0.118. The fraction of sp³-hybridized carbons (Fsp3) is 0.741. The molecule has 1 radical (unpaired) electrons. The highest BCUT2D eigenvalue weighted by Gasteiger charge is 2.34. The minimum atomic E-state index is -0.118. The lowest BCUT2D eigenvalue weighted by Crippen LogP contribution is -2.29. The molecule has 28 heavy (non-hydrogen) atoms. The van der Waals surface area contributed by atoms with Crippen molar-refractivity contribution < 1.29 is 4.39 Å². The smallest absolute Gasteiger partial charge is 0.123 e. The van der Waals surface area contributed by atoms with Gasteiger partial charge in [0.05, 0.1) is 0 Å². The molecule has 0 nitrogen and oxygen atoms in total. The molecule has 0 aliphatic heterocycles. The highest BCUT2D eigenvalue weighted by molar-refractivity contribution is 5.23. The summed E-state index contributed by atoms with van der Waals surface area (Å²) >= 11 is 0. The van der Waals surface area contributed by atoms with E-state index < -0.39 is 0 Å². The minimum Gasteiger partial charge on any atom is -0.207 e. The fourth-order valence-electron chi connectivity index (χ4n) is 6.85. The second kappa shape index (κ2) is 9.77. The standard InChI is InChI=1S/C27H40F/c1-2-3-20-4-6-21(7-5-20)22-8-10-23(11-9-22)24-12-14-25(15-13-24)26-16-18-27(28)19-17-26/h14,16-25H,2-13,15H2,1H3/t20-,21-,22-,23-,24?,25?. The summed E-state index contributed by atoms with van der Waals surface area (Å²) < 4.78 is 13.2. The van der Waals surface area contributed by atoms with Gasteiger partial charge in [-0.15, -0.1) is 0 Å². The first-order valence-corrected chi connectivity index (χ1v) is 12.3. The Balaban J connectivity index is 1.19. The van der Waals surface area contributed by atoms with E-state index in [9.17, 15) is 4.39 Å². The van der Waals surface area contributed by atoms with E-state index >= 15 is 0 Å². The van der Waals surface area contributed by atoms with E-state index in [2.05, 4.69) is 13.3 Å². The molecule has 0 saturated heterocycles. The zero-order valence-electron chi connectivity index (χ0n) is 17.9. The number of benzene rings is 1. The molecule has 3 saturated carbocycles. The Hall–Kier alpha value is -0.850. The van der Waals surface area contributed by atoms with Crippen molar-refractivity contribution in [2.45, 2.75) is 96.3 Å². The van der Waals surface area contributed by atoms with E-state index in [1.54, 1.807) is 12.1 Å². The third-order valence-corrected chi connectivity index (χ3v) is 8.61. The van der Waals surface area contributed by atoms with Gasteiger partial charge in [-0.25, -0.2) is 4.39 Å². The van der Waals surface area contributed by atoms with Gasteiger partial charge in [0.15, 0.2) is 0 Å². The molecule has 1 aromatic carbocycles. The van der Waals surface area contributed by atoms with E-state index in [0.29, 0.717) is 5.92 Å². The molecule has 2 unspecified atom stereocenters. The first-order valence-electron chi connectivity index (χ1n) is 12.3. The maximum Gasteiger partial charge on any atom is 0.123 e. The molecular formula is C27H40F. The molecule has 0 amide bonds. The van der Waals surface area contributed by atoms with Crippen molar-refractivity contribution in [3.63, 3.8) is 0 Å². The first-order chi connectivity index (χ1) is 13.7. The maximum absolute atomic E-state index is 13.2. The number of hydrogen-bond donors (Lipinski definition) is 0. The first kappa shape index (κ1) is 20.4. The van der Waals surface area contributed by atoms with Gasteiger partial charge in [0, 0.05) is 0 Å². The van der Waals surface area contributed by atoms with Crippen LogP contribution in [0.2, 0.25) is 0 Å². The average Bonchev–Trinajstić information content (AvgIpc) is 2.75. The van der Waals surface area contributed by atoms with Gasteiger partial charge in [-0.3, -0.25) is 0 Å². The van der Waals surface area contributed by atoms with Crippen molar-refractivity contribution in [3.8, 4) is 0 Å². The van der Waals surface area contributed by atoms with Crippen LogP contribution >= 0.6 is 0 Å². The Morgan fingerprint density at radius 2 is 1.25 bits per heavy atom. The maximum atomic E-state index is 13.2. The quantitative estimate of drug-likeness (QED) is 0.479. The van der Waals surface area contributed by atoms with Crippen LogP contribution in [0.1, 0.15) is 102 Å². The van der Waals surface area contributed by atoms with Crippen LogP contribution in [-0.4, -0.2) is 0 Å². The van der Waals surface area contributed by atoms with Gasteiger partial charge < -0.3 is 0 Å². The van der Waals surface area contributed by atoms with Crippen molar-refractivity contribution in [1.29, 1.82) is 0 Å². The van der Waals surface area contributed by atoms with E-state index in [1.165, 1.54) is 89.0 Å². The molecule has 3 aliphatic rings. The summed E-state index contributed by atoms with van der Waals surface area (Å²) in [4.78, 5) is 0. The summed E-state index contributed by atoms with van der Waals surface area (Å²) in [5, 5.41) is 0. The van der Waals surface area contributed by atoms with Crippen molar-refractivity contribution in [3.05, 3.63) is 42.1 Å². The van der Waals surface area contributed by atoms with Crippen molar-refractivity contribution >= 4 is 0 Å². The number of hydrogen-bond acceptors (Lipinski definition) is 0. The summed E-state index contributed by atoms with van der Waals surface area (Å²) in [7, 11) is 0. The van der Waals surface area contributed by atoms with Gasteiger partial charge in [-0.05, 0) is 117 Å². The molecule has 1 heteroatoms. The molecule has 1 aromatic rings. The monoisotopic (exact) mass is 383 g/mol. The lowest BCUT2D eigenvalue weighted by Gasteiger charge is -2.41. The molecule has 0 aromatic heterocycles. The summed E-state index contributed by atoms with van der Waals surface area (Å²) in [6.45, 7) is 2.35. The molecule has 0 spiro atoms. The lowest BCUT2D eigenvalue weighted by atomic mass is 9.64. The molecule has 0 bridgehead atoms. The van der Waals surface area contributed by atoms with E-state index in [-0.39, 0.29) is 5.82 Å². The van der Waals surface area contributed by atoms with E-state index in [1.807, 2.05) is 12.1 Å². The van der Waals surface area contributed by atoms with Crippen LogP contribution in [0.4, 0.5) is 4.39 Å². The van der Waals surface area contributed by atoms with Crippen molar-refractivity contribution in [2.75, 3.05) is 0 Å². The highest BCUT2D eigenvalue weighted by Crippen LogP contribution is 2.47. The highest BCUT2D eigenvalue weighted by atomic mass is 19.1. The largest absolute Gasteiger partial charge is 0.207 e. The Kier molecular flexibility index (Phi) is 7.13. The van der Waals surface area contributed by atoms with E-state index in [4.69, 9.17) is 0 Å². The molecule has 0 N–H and O–H groups in total. The van der Waals surface area contributed by atoms with Gasteiger partial charge in [0.25, 0.3) is 0 Å². The van der Waals surface area contributed by atoms with Crippen LogP contribution in [0, 0.1) is 41.8 Å². The Bertz CT molecular complexity index is 567. The van der Waals surface area contributed by atoms with Crippen LogP contribution in [0.5, 0.6) is 0 Å². The predicted molar refractivity (Wildman–Crippen MR) is 117 cm³/mol. The van der Waals surface area contributed by atoms with Gasteiger partial charge in [0.1, 0.15) is 5.82 Å². The number of halogens is 1. The summed E-state index contributed by atoms with van der Waals surface area (Å²) in [6, 6.07) is 7.20. The molecular weight excluding hydrogens is 343 g/mol. The van der Waals surface area contributed by atoms with Gasteiger partial charge in [-0.2, -0.15) is 0 Å². The Labute approximate surface area is 172 Å². The molecule has 4 rings (SSSR count). The van der Waals surface area contributed by atoms with Crippen LogP contribution < -0.4 is 0 Å². The Morgan fingerprint density at radius 1 is 0.714 bits per heavy atom. The topological polar surface area (TPSA) is 0 Å². The third kappa shape index (κ3) is 5.00. The normalized spacial score (nSPS) is 36.9. The van der Waals surface area contributed by atoms with Crippen LogP contribution in [0.25, 0.3) is 0 Å². The summed E-state index contributed by atoms with van der Waals surface area (Å²) in [6.07, 6.45) is 21.4. The fourth-order valence-corrected chi connectivity index (χ4v) is 6.85. The molecule has 3 fully saturated rings. The van der Waals surface area contributed by atoms with E-state index in [0.717, 1.165) is 29.6 Å².